The zero-order valence-electron chi connectivity index (χ0n) is 15.5. The van der Waals surface area contributed by atoms with Crippen LogP contribution in [-0.4, -0.2) is 31.2 Å². The molecular formula is C20H22ClNO5. The molecule has 0 aromatic heterocycles. The first kappa shape index (κ1) is 20.6. The van der Waals surface area contributed by atoms with E-state index in [1.54, 1.807) is 42.5 Å². The molecule has 1 atom stereocenters. The van der Waals surface area contributed by atoms with Gasteiger partial charge in [-0.05, 0) is 50.6 Å². The molecule has 2 rings (SSSR count). The van der Waals surface area contributed by atoms with E-state index in [-0.39, 0.29) is 6.61 Å². The van der Waals surface area contributed by atoms with Crippen LogP contribution in [0.1, 0.15) is 19.4 Å². The van der Waals surface area contributed by atoms with E-state index < -0.39 is 18.0 Å². The second-order valence-electron chi connectivity index (χ2n) is 5.75. The second-order valence-corrected chi connectivity index (χ2v) is 6.19. The first-order chi connectivity index (χ1) is 12.9. The molecule has 0 heterocycles. The summed E-state index contributed by atoms with van der Waals surface area (Å²) in [5.74, 6) is -0.145. The van der Waals surface area contributed by atoms with Gasteiger partial charge < -0.3 is 19.5 Å². The minimum atomic E-state index is -0.985. The third-order valence-electron chi connectivity index (χ3n) is 3.63. The fraction of sp³-hybridized carbons (Fsp3) is 0.300. The van der Waals surface area contributed by atoms with E-state index >= 15 is 0 Å². The molecule has 2 aromatic rings. The van der Waals surface area contributed by atoms with Gasteiger partial charge in [-0.1, -0.05) is 29.8 Å². The second kappa shape index (κ2) is 9.83. The number of hydrogen-bond acceptors (Lipinski definition) is 5. The largest absolute Gasteiger partial charge is 0.490 e. The molecule has 0 bridgehead atoms. The first-order valence-electron chi connectivity index (χ1n) is 8.51. The Hall–Kier alpha value is -2.73. The third-order valence-corrected chi connectivity index (χ3v) is 3.86. The number of benzene rings is 2. The molecule has 0 aliphatic carbocycles. The van der Waals surface area contributed by atoms with E-state index in [4.69, 9.17) is 25.8 Å². The normalized spacial score (nSPS) is 11.4. The van der Waals surface area contributed by atoms with Crippen LogP contribution in [-0.2, 0) is 14.3 Å². The highest BCUT2D eigenvalue weighted by Gasteiger charge is 2.19. The zero-order valence-corrected chi connectivity index (χ0v) is 16.2. The summed E-state index contributed by atoms with van der Waals surface area (Å²) in [7, 11) is 0. The van der Waals surface area contributed by atoms with Crippen molar-refractivity contribution in [3.63, 3.8) is 0 Å². The van der Waals surface area contributed by atoms with Gasteiger partial charge in [0.25, 0.3) is 5.91 Å². The van der Waals surface area contributed by atoms with Crippen molar-refractivity contribution < 1.29 is 23.8 Å². The molecule has 6 nitrogen and oxygen atoms in total. The maximum absolute atomic E-state index is 12.2. The van der Waals surface area contributed by atoms with Gasteiger partial charge in [0.1, 0.15) is 0 Å². The maximum Gasteiger partial charge on any atom is 0.344 e. The average Bonchev–Trinajstić information content (AvgIpc) is 2.64. The number of esters is 1. The topological polar surface area (TPSA) is 73.9 Å². The van der Waals surface area contributed by atoms with E-state index in [1.165, 1.54) is 6.92 Å². The number of nitrogens with one attached hydrogen (secondary N) is 1. The van der Waals surface area contributed by atoms with Crippen LogP contribution in [0.15, 0.2) is 42.5 Å². The van der Waals surface area contributed by atoms with Gasteiger partial charge in [-0.3, -0.25) is 4.79 Å². The van der Waals surface area contributed by atoms with Crippen LogP contribution < -0.4 is 14.8 Å². The summed E-state index contributed by atoms with van der Waals surface area (Å²) < 4.78 is 16.0. The Morgan fingerprint density at radius 3 is 2.44 bits per heavy atom. The standard InChI is InChI=1S/C20H22ClNO5/c1-4-25-17-7-5-6-8-18(17)26-12-19(23)27-14(3)20(24)22-16-11-15(21)10-9-13(16)2/h5-11,14H,4,12H2,1-3H3,(H,22,24)/t14-/m0/s1. The summed E-state index contributed by atoms with van der Waals surface area (Å²) in [6.45, 7) is 5.32. The highest BCUT2D eigenvalue weighted by atomic mass is 35.5. The first-order valence-corrected chi connectivity index (χ1v) is 8.89. The van der Waals surface area contributed by atoms with Crippen molar-refractivity contribution in [1.82, 2.24) is 0 Å². The number of ether oxygens (including phenoxy) is 3. The average molecular weight is 392 g/mol. The van der Waals surface area contributed by atoms with Crippen LogP contribution in [0.2, 0.25) is 5.02 Å². The highest BCUT2D eigenvalue weighted by Crippen LogP contribution is 2.26. The molecule has 1 N–H and O–H groups in total. The number of carbonyl (C=O) groups excluding carboxylic acids is 2. The predicted molar refractivity (Wildman–Crippen MR) is 103 cm³/mol. The Morgan fingerprint density at radius 2 is 1.78 bits per heavy atom. The summed E-state index contributed by atoms with van der Waals surface area (Å²) in [5.41, 5.74) is 1.42. The molecule has 0 saturated carbocycles. The van der Waals surface area contributed by atoms with Crippen molar-refractivity contribution in [1.29, 1.82) is 0 Å². The van der Waals surface area contributed by atoms with Crippen molar-refractivity contribution in [3.8, 4) is 11.5 Å². The summed E-state index contributed by atoms with van der Waals surface area (Å²) in [6, 6.07) is 12.2. The molecule has 27 heavy (non-hydrogen) atoms. The molecule has 0 saturated heterocycles. The number of amides is 1. The number of aryl methyl sites for hydroxylation is 1. The van der Waals surface area contributed by atoms with Gasteiger partial charge in [0, 0.05) is 10.7 Å². The lowest BCUT2D eigenvalue weighted by atomic mass is 10.2. The lowest BCUT2D eigenvalue weighted by molar-refractivity contribution is -0.155. The van der Waals surface area contributed by atoms with Gasteiger partial charge in [-0.2, -0.15) is 0 Å². The number of anilines is 1. The van der Waals surface area contributed by atoms with E-state index in [0.717, 1.165) is 5.56 Å². The number of hydrogen-bond donors (Lipinski definition) is 1. The van der Waals surface area contributed by atoms with Gasteiger partial charge in [-0.25, -0.2) is 4.79 Å². The molecule has 0 radical (unpaired) electrons. The van der Waals surface area contributed by atoms with Gasteiger partial charge in [-0.15, -0.1) is 0 Å². The van der Waals surface area contributed by atoms with E-state index in [9.17, 15) is 9.59 Å². The van der Waals surface area contributed by atoms with Gasteiger partial charge in [0.15, 0.2) is 24.2 Å². The fourth-order valence-electron chi connectivity index (χ4n) is 2.23. The smallest absolute Gasteiger partial charge is 0.344 e. The summed E-state index contributed by atoms with van der Waals surface area (Å²) in [4.78, 5) is 24.2. The highest BCUT2D eigenvalue weighted by molar-refractivity contribution is 6.31. The molecule has 0 fully saturated rings. The van der Waals surface area contributed by atoms with Gasteiger partial charge >= 0.3 is 5.97 Å². The Morgan fingerprint density at radius 1 is 1.11 bits per heavy atom. The number of rotatable bonds is 8. The molecule has 2 aromatic carbocycles. The lowest BCUT2D eigenvalue weighted by Crippen LogP contribution is -2.31. The van der Waals surface area contributed by atoms with E-state index in [0.29, 0.717) is 28.8 Å². The Labute approximate surface area is 163 Å². The number of para-hydroxylation sites is 2. The van der Waals surface area contributed by atoms with Crippen LogP contribution >= 0.6 is 11.6 Å². The van der Waals surface area contributed by atoms with Crippen molar-refractivity contribution in [3.05, 3.63) is 53.1 Å². The molecular weight excluding hydrogens is 370 g/mol. The van der Waals surface area contributed by atoms with Crippen LogP contribution in [0.25, 0.3) is 0 Å². The SMILES string of the molecule is CCOc1ccccc1OCC(=O)O[C@@H](C)C(=O)Nc1cc(Cl)ccc1C. The van der Waals surface area contributed by atoms with Crippen molar-refractivity contribution in [2.24, 2.45) is 0 Å². The maximum atomic E-state index is 12.2. The lowest BCUT2D eigenvalue weighted by Gasteiger charge is -2.16. The van der Waals surface area contributed by atoms with Gasteiger partial charge in [0.2, 0.25) is 0 Å². The van der Waals surface area contributed by atoms with Crippen LogP contribution in [0, 0.1) is 6.92 Å². The zero-order chi connectivity index (χ0) is 19.8. The summed E-state index contributed by atoms with van der Waals surface area (Å²) >= 11 is 5.94. The third kappa shape index (κ3) is 6.18. The molecule has 0 unspecified atom stereocenters. The Balaban J connectivity index is 1.88. The minimum Gasteiger partial charge on any atom is -0.490 e. The molecule has 0 aliphatic rings. The predicted octanol–water partition coefficient (Wildman–Crippen LogP) is 4.00. The molecule has 1 amide bonds. The van der Waals surface area contributed by atoms with Crippen LogP contribution in [0.4, 0.5) is 5.69 Å². The molecule has 0 aliphatic heterocycles. The van der Waals surface area contributed by atoms with Gasteiger partial charge in [0.05, 0.1) is 6.61 Å². The summed E-state index contributed by atoms with van der Waals surface area (Å²) in [5, 5.41) is 3.20. The Kier molecular flexibility index (Phi) is 7.49. The van der Waals surface area contributed by atoms with Crippen molar-refractivity contribution in [2.45, 2.75) is 26.9 Å². The van der Waals surface area contributed by atoms with E-state index in [1.807, 2.05) is 13.8 Å². The molecule has 0 spiro atoms. The van der Waals surface area contributed by atoms with Crippen molar-refractivity contribution >= 4 is 29.2 Å². The monoisotopic (exact) mass is 391 g/mol. The number of carbonyl (C=O) groups is 2. The molecule has 144 valence electrons. The van der Waals surface area contributed by atoms with Crippen LogP contribution in [0.3, 0.4) is 0 Å². The summed E-state index contributed by atoms with van der Waals surface area (Å²) in [6.07, 6.45) is -0.985. The Bertz CT molecular complexity index is 809. The quantitative estimate of drug-likeness (QED) is 0.688. The van der Waals surface area contributed by atoms with Crippen LogP contribution in [0.5, 0.6) is 11.5 Å². The minimum absolute atomic E-state index is 0.335. The number of halogens is 1. The van der Waals surface area contributed by atoms with Crippen molar-refractivity contribution in [2.75, 3.05) is 18.5 Å². The molecule has 7 heteroatoms. The fourth-order valence-corrected chi connectivity index (χ4v) is 2.40. The van der Waals surface area contributed by atoms with E-state index in [2.05, 4.69) is 5.32 Å².